The summed E-state index contributed by atoms with van der Waals surface area (Å²) in [6, 6.07) is 20.8. The summed E-state index contributed by atoms with van der Waals surface area (Å²) in [6.07, 6.45) is 4.53. The molecule has 0 saturated carbocycles. The van der Waals surface area contributed by atoms with Crippen LogP contribution < -0.4 is 5.32 Å². The summed E-state index contributed by atoms with van der Waals surface area (Å²) in [4.78, 5) is 6.90. The number of rotatable bonds is 6. The second-order valence-electron chi connectivity index (χ2n) is 8.48. The first-order valence-electron chi connectivity index (χ1n) is 11.4. The number of benzene rings is 1. The number of pyridine rings is 1. The lowest BCUT2D eigenvalue weighted by Gasteiger charge is -2.27. The summed E-state index contributed by atoms with van der Waals surface area (Å²) < 4.78 is 8.05. The Kier molecular flexibility index (Phi) is 5.77. The average molecular weight is 457 g/mol. The van der Waals surface area contributed by atoms with Crippen LogP contribution in [-0.2, 0) is 13.0 Å². The van der Waals surface area contributed by atoms with Crippen molar-refractivity contribution in [3.8, 4) is 5.69 Å². The van der Waals surface area contributed by atoms with Crippen molar-refractivity contribution in [1.82, 2.24) is 19.8 Å². The van der Waals surface area contributed by atoms with Gasteiger partial charge in [0.1, 0.15) is 5.76 Å². The van der Waals surface area contributed by atoms with E-state index in [1.165, 1.54) is 28.2 Å². The van der Waals surface area contributed by atoms with Crippen LogP contribution in [0.5, 0.6) is 0 Å². The molecule has 1 aliphatic rings. The molecule has 33 heavy (non-hydrogen) atoms. The van der Waals surface area contributed by atoms with Gasteiger partial charge < -0.3 is 19.2 Å². The number of para-hydroxylation sites is 1. The van der Waals surface area contributed by atoms with E-state index in [2.05, 4.69) is 76.9 Å². The lowest BCUT2D eigenvalue weighted by Crippen LogP contribution is -2.29. The Morgan fingerprint density at radius 1 is 1.06 bits per heavy atom. The number of nitrogens with one attached hydrogen (secondary N) is 1. The zero-order valence-corrected chi connectivity index (χ0v) is 20.0. The van der Waals surface area contributed by atoms with Crippen LogP contribution in [0.4, 0.5) is 0 Å². The average Bonchev–Trinajstić information content (AvgIpc) is 3.53. The van der Waals surface area contributed by atoms with Crippen LogP contribution in [0, 0.1) is 13.8 Å². The number of aryl methyl sites for hydroxylation is 2. The molecule has 4 heterocycles. The zero-order chi connectivity index (χ0) is 22.9. The molecule has 1 N–H and O–H groups in total. The highest BCUT2D eigenvalue weighted by Gasteiger charge is 2.41. The molecule has 2 atom stereocenters. The third kappa shape index (κ3) is 3.85. The first-order valence-corrected chi connectivity index (χ1v) is 11.8. The molecule has 1 fully saturated rings. The van der Waals surface area contributed by atoms with E-state index >= 15 is 0 Å². The maximum atomic E-state index is 5.82. The molecule has 5 nitrogen and oxygen atoms in total. The molecule has 0 bridgehead atoms. The Morgan fingerprint density at radius 2 is 1.88 bits per heavy atom. The third-order valence-corrected chi connectivity index (χ3v) is 6.86. The van der Waals surface area contributed by atoms with E-state index < -0.39 is 0 Å². The van der Waals surface area contributed by atoms with Crippen molar-refractivity contribution in [3.63, 3.8) is 0 Å². The fourth-order valence-electron chi connectivity index (χ4n) is 4.97. The molecule has 1 aliphatic heterocycles. The van der Waals surface area contributed by atoms with E-state index in [1.807, 2.05) is 30.5 Å². The van der Waals surface area contributed by atoms with Gasteiger partial charge in [-0.3, -0.25) is 4.98 Å². The third-order valence-electron chi connectivity index (χ3n) is 6.51. The van der Waals surface area contributed by atoms with E-state index in [-0.39, 0.29) is 12.1 Å². The molecular weight excluding hydrogens is 428 g/mol. The van der Waals surface area contributed by atoms with Gasteiger partial charge in [0.15, 0.2) is 5.11 Å². The first-order chi connectivity index (χ1) is 16.1. The molecule has 1 saturated heterocycles. The van der Waals surface area contributed by atoms with Gasteiger partial charge in [0.2, 0.25) is 0 Å². The van der Waals surface area contributed by atoms with Gasteiger partial charge >= 0.3 is 0 Å². The van der Waals surface area contributed by atoms with Crippen molar-refractivity contribution in [2.24, 2.45) is 0 Å². The van der Waals surface area contributed by atoms with Crippen LogP contribution in [0.3, 0.4) is 0 Å². The van der Waals surface area contributed by atoms with Gasteiger partial charge in [-0.1, -0.05) is 31.2 Å². The number of thiocarbonyl (C=S) groups is 1. The highest BCUT2D eigenvalue weighted by molar-refractivity contribution is 7.80. The van der Waals surface area contributed by atoms with Crippen molar-refractivity contribution in [2.75, 3.05) is 0 Å². The fraction of sp³-hybridized carbons (Fsp3) is 0.259. The van der Waals surface area contributed by atoms with Crippen LogP contribution in [0.1, 0.15) is 53.0 Å². The second-order valence-corrected chi connectivity index (χ2v) is 8.86. The van der Waals surface area contributed by atoms with Gasteiger partial charge in [-0.25, -0.2) is 0 Å². The van der Waals surface area contributed by atoms with Crippen LogP contribution >= 0.6 is 12.2 Å². The summed E-state index contributed by atoms with van der Waals surface area (Å²) in [5.74, 6) is 0.885. The molecule has 6 heteroatoms. The normalized spacial score (nSPS) is 18.0. The molecule has 3 aromatic heterocycles. The Hall–Kier alpha value is -3.38. The highest BCUT2D eigenvalue weighted by Crippen LogP contribution is 2.42. The minimum absolute atomic E-state index is 0.00811. The first kappa shape index (κ1) is 21.5. The smallest absolute Gasteiger partial charge is 0.170 e. The van der Waals surface area contributed by atoms with Gasteiger partial charge in [0.25, 0.3) is 0 Å². The number of hydrogen-bond donors (Lipinski definition) is 1. The van der Waals surface area contributed by atoms with E-state index in [4.69, 9.17) is 16.6 Å². The summed E-state index contributed by atoms with van der Waals surface area (Å²) >= 11 is 5.82. The lowest BCUT2D eigenvalue weighted by atomic mass is 9.96. The highest BCUT2D eigenvalue weighted by atomic mass is 32.1. The number of hydrogen-bond acceptors (Lipinski definition) is 3. The molecule has 0 amide bonds. The summed E-state index contributed by atoms with van der Waals surface area (Å²) in [5.41, 5.74) is 7.22. The molecule has 1 aromatic carbocycles. The van der Waals surface area contributed by atoms with Crippen molar-refractivity contribution in [3.05, 3.63) is 107 Å². The monoisotopic (exact) mass is 456 g/mol. The Balaban J connectivity index is 1.64. The molecule has 0 radical (unpaired) electrons. The van der Waals surface area contributed by atoms with Gasteiger partial charge in [-0.2, -0.15) is 0 Å². The maximum Gasteiger partial charge on any atom is 0.170 e. The van der Waals surface area contributed by atoms with Gasteiger partial charge in [-0.15, -0.1) is 0 Å². The second kappa shape index (κ2) is 8.87. The molecule has 2 unspecified atom stereocenters. The molecule has 4 aromatic rings. The van der Waals surface area contributed by atoms with Crippen molar-refractivity contribution in [2.45, 2.75) is 45.8 Å². The van der Waals surface area contributed by atoms with E-state index in [9.17, 15) is 0 Å². The Labute approximate surface area is 200 Å². The molecule has 0 aliphatic carbocycles. The fourth-order valence-corrected chi connectivity index (χ4v) is 5.28. The van der Waals surface area contributed by atoms with Crippen LogP contribution in [0.25, 0.3) is 5.69 Å². The van der Waals surface area contributed by atoms with E-state index in [1.54, 1.807) is 6.26 Å². The number of nitrogens with zero attached hydrogens (tertiary/aromatic N) is 3. The number of aromatic nitrogens is 2. The molecule has 168 valence electrons. The maximum absolute atomic E-state index is 5.82. The predicted octanol–water partition coefficient (Wildman–Crippen LogP) is 5.82. The lowest BCUT2D eigenvalue weighted by molar-refractivity contribution is 0.286. The predicted molar refractivity (Wildman–Crippen MR) is 134 cm³/mol. The largest absolute Gasteiger partial charge is 0.467 e. The van der Waals surface area contributed by atoms with E-state index in [0.717, 1.165) is 17.9 Å². The Morgan fingerprint density at radius 3 is 2.61 bits per heavy atom. The summed E-state index contributed by atoms with van der Waals surface area (Å²) in [7, 11) is 0. The van der Waals surface area contributed by atoms with Gasteiger partial charge in [0.05, 0.1) is 30.6 Å². The molecular formula is C27H28N4OS. The SMILES string of the molecule is CCc1ccccc1-n1c(C)cc(C2C(c3ccccn3)NC(=S)N2Cc2ccco2)c1C. The van der Waals surface area contributed by atoms with E-state index in [0.29, 0.717) is 11.7 Å². The zero-order valence-electron chi connectivity index (χ0n) is 19.2. The van der Waals surface area contributed by atoms with Crippen molar-refractivity contribution in [1.29, 1.82) is 0 Å². The summed E-state index contributed by atoms with van der Waals surface area (Å²) in [6.45, 7) is 7.18. The van der Waals surface area contributed by atoms with Crippen molar-refractivity contribution >= 4 is 17.3 Å². The topological polar surface area (TPSA) is 46.2 Å². The molecule has 5 rings (SSSR count). The minimum atomic E-state index is -0.0518. The van der Waals surface area contributed by atoms with Crippen LogP contribution in [-0.4, -0.2) is 19.6 Å². The molecule has 0 spiro atoms. The standard InChI is InChI=1S/C27H28N4OS/c1-4-20-10-5-6-13-24(20)31-18(2)16-22(19(31)3)26-25(23-12-7-8-14-28-23)29-27(33)30(26)17-21-11-9-15-32-21/h5-16,25-26H,4,17H2,1-3H3,(H,29,33). The van der Waals surface area contributed by atoms with Gasteiger partial charge in [-0.05, 0) is 80.0 Å². The minimum Gasteiger partial charge on any atom is -0.467 e. The van der Waals surface area contributed by atoms with Crippen LogP contribution in [0.2, 0.25) is 0 Å². The van der Waals surface area contributed by atoms with Gasteiger partial charge in [0, 0.05) is 23.3 Å². The van der Waals surface area contributed by atoms with Crippen LogP contribution in [0.15, 0.2) is 77.5 Å². The van der Waals surface area contributed by atoms with Crippen molar-refractivity contribution < 1.29 is 4.42 Å². The number of furan rings is 1. The Bertz CT molecular complexity index is 1260. The summed E-state index contributed by atoms with van der Waals surface area (Å²) in [5, 5.41) is 4.26. The quantitative estimate of drug-likeness (QED) is 0.371.